The molecular formula is C21H28NO+. The molecule has 0 bridgehead atoms. The van der Waals surface area contributed by atoms with E-state index in [1.165, 1.54) is 5.57 Å². The van der Waals surface area contributed by atoms with Gasteiger partial charge >= 0.3 is 5.78 Å². The number of nitrogens with one attached hydrogen (secondary N) is 1. The normalized spacial score (nSPS) is 19.1. The molecule has 2 heteroatoms. The Labute approximate surface area is 140 Å². The largest absolute Gasteiger partial charge is 0.343 e. The molecule has 1 N–H and O–H groups in total. The first-order valence-corrected chi connectivity index (χ1v) is 8.09. The Morgan fingerprint density at radius 1 is 0.739 bits per heavy atom. The van der Waals surface area contributed by atoms with E-state index in [0.29, 0.717) is 5.71 Å². The van der Waals surface area contributed by atoms with Crippen LogP contribution in [0.4, 0.5) is 0 Å². The first kappa shape index (κ1) is 17.4. The van der Waals surface area contributed by atoms with E-state index in [0.717, 1.165) is 22.5 Å². The van der Waals surface area contributed by atoms with Crippen LogP contribution in [-0.4, -0.2) is 18.6 Å². The number of hydrogen-bond acceptors (Lipinski definition) is 1. The van der Waals surface area contributed by atoms with Gasteiger partial charge in [-0.3, -0.25) is 4.42 Å². The lowest BCUT2D eigenvalue weighted by molar-refractivity contribution is -0.417. The first-order valence-electron chi connectivity index (χ1n) is 8.09. The van der Waals surface area contributed by atoms with E-state index in [1.807, 2.05) is 12.2 Å². The summed E-state index contributed by atoms with van der Waals surface area (Å²) < 4.78 is 5.25. The molecule has 0 atom stereocenters. The van der Waals surface area contributed by atoms with Gasteiger partial charge in [0.1, 0.15) is 0 Å². The van der Waals surface area contributed by atoms with Crippen LogP contribution < -0.4 is 0 Å². The molecule has 2 rings (SSSR count). The van der Waals surface area contributed by atoms with Crippen LogP contribution in [-0.2, 0) is 4.42 Å². The standard InChI is InChI=1S/C21H28NO/c1-20(2,3)17-12-15(13-18(19(17)22)21(4,5)6)14-8-10-16(23-7)11-9-14/h8-13,22H,1-7H3/q+1. The fourth-order valence-electron chi connectivity index (χ4n) is 2.78. The lowest BCUT2D eigenvalue weighted by Gasteiger charge is -2.33. The molecule has 0 heterocycles. The van der Waals surface area contributed by atoms with Gasteiger partial charge < -0.3 is 5.41 Å². The van der Waals surface area contributed by atoms with E-state index >= 15 is 0 Å². The summed E-state index contributed by atoms with van der Waals surface area (Å²) in [4.78, 5) is 0. The Hall–Kier alpha value is -1.96. The summed E-state index contributed by atoms with van der Waals surface area (Å²) >= 11 is 0. The molecule has 0 radical (unpaired) electrons. The van der Waals surface area contributed by atoms with E-state index in [1.54, 1.807) is 7.11 Å². The molecule has 122 valence electrons. The quantitative estimate of drug-likeness (QED) is 0.603. The summed E-state index contributed by atoms with van der Waals surface area (Å²) in [5.41, 5.74) is 5.06. The first-order chi connectivity index (χ1) is 10.5. The fraction of sp³-hybridized carbons (Fsp3) is 0.429. The van der Waals surface area contributed by atoms with Crippen molar-refractivity contribution in [1.82, 2.24) is 0 Å². The third-order valence-corrected chi connectivity index (χ3v) is 4.18. The zero-order chi connectivity index (χ0) is 17.4. The zero-order valence-corrected chi connectivity index (χ0v) is 15.4. The summed E-state index contributed by atoms with van der Waals surface area (Å²) in [5, 5.41) is 8.66. The summed E-state index contributed by atoms with van der Waals surface area (Å²) in [6.07, 6.45) is 12.5. The summed E-state index contributed by atoms with van der Waals surface area (Å²) in [5.74, 6) is 0.859. The van der Waals surface area contributed by atoms with Crippen molar-refractivity contribution in [1.29, 1.82) is 5.41 Å². The van der Waals surface area contributed by atoms with Crippen molar-refractivity contribution in [2.45, 2.75) is 41.5 Å². The molecule has 0 saturated heterocycles. The minimum absolute atomic E-state index is 0.0560. The molecule has 2 aliphatic rings. The highest BCUT2D eigenvalue weighted by Crippen LogP contribution is 2.40. The molecular weight excluding hydrogens is 282 g/mol. The molecule has 0 spiro atoms. The molecule has 0 unspecified atom stereocenters. The van der Waals surface area contributed by atoms with Crippen molar-refractivity contribution >= 4 is 11.5 Å². The number of ketones is 1. The molecule has 0 aromatic carbocycles. The van der Waals surface area contributed by atoms with Crippen LogP contribution in [0.1, 0.15) is 41.5 Å². The number of carbonyl (C=O) groups excluding carboxylic acids is 1. The fourth-order valence-corrected chi connectivity index (χ4v) is 2.78. The average Bonchev–Trinajstić information content (AvgIpc) is 2.45. The number of allylic oxidation sites excluding steroid dienone is 10. The van der Waals surface area contributed by atoms with Gasteiger partial charge in [-0.05, 0) is 57.4 Å². The average molecular weight is 310 g/mol. The highest BCUT2D eigenvalue weighted by Gasteiger charge is 2.31. The lowest BCUT2D eigenvalue weighted by atomic mass is 9.71. The Kier molecular flexibility index (Phi) is 4.48. The monoisotopic (exact) mass is 310 g/mol. The van der Waals surface area contributed by atoms with Gasteiger partial charge in [-0.15, -0.1) is 0 Å². The van der Waals surface area contributed by atoms with Crippen LogP contribution >= 0.6 is 0 Å². The van der Waals surface area contributed by atoms with Gasteiger partial charge in [0.15, 0.2) is 0 Å². The van der Waals surface area contributed by atoms with Crippen LogP contribution in [0.25, 0.3) is 0 Å². The number of rotatable bonds is 0. The summed E-state index contributed by atoms with van der Waals surface area (Å²) in [6.45, 7) is 13.0. The second-order valence-electron chi connectivity index (χ2n) is 8.17. The van der Waals surface area contributed by atoms with Crippen molar-refractivity contribution in [3.63, 3.8) is 0 Å². The zero-order valence-electron chi connectivity index (χ0n) is 15.4. The molecule has 0 aliphatic heterocycles. The van der Waals surface area contributed by atoms with Crippen LogP contribution in [0, 0.1) is 16.2 Å². The minimum atomic E-state index is -0.0560. The van der Waals surface area contributed by atoms with Gasteiger partial charge in [-0.1, -0.05) is 41.5 Å². The van der Waals surface area contributed by atoms with Crippen molar-refractivity contribution in [2.75, 3.05) is 7.11 Å². The molecule has 0 aromatic heterocycles. The van der Waals surface area contributed by atoms with Gasteiger partial charge in [0.2, 0.25) is 0 Å². The van der Waals surface area contributed by atoms with Crippen LogP contribution in [0.5, 0.6) is 0 Å². The predicted octanol–water partition coefficient (Wildman–Crippen LogP) is 5.12. The second-order valence-corrected chi connectivity index (χ2v) is 8.17. The van der Waals surface area contributed by atoms with Gasteiger partial charge in [0, 0.05) is 12.2 Å². The molecule has 2 aliphatic carbocycles. The molecule has 23 heavy (non-hydrogen) atoms. The third kappa shape index (κ3) is 3.69. The highest BCUT2D eigenvalue weighted by atomic mass is 16.4. The van der Waals surface area contributed by atoms with Crippen LogP contribution in [0.2, 0.25) is 0 Å². The van der Waals surface area contributed by atoms with Crippen LogP contribution in [0.15, 0.2) is 58.7 Å². The van der Waals surface area contributed by atoms with Crippen molar-refractivity contribution in [2.24, 2.45) is 10.8 Å². The maximum absolute atomic E-state index is 8.66. The van der Waals surface area contributed by atoms with Crippen molar-refractivity contribution in [3.8, 4) is 0 Å². The molecule has 2 nitrogen and oxygen atoms in total. The van der Waals surface area contributed by atoms with Crippen molar-refractivity contribution in [3.05, 3.63) is 58.7 Å². The van der Waals surface area contributed by atoms with Gasteiger partial charge in [-0.2, -0.15) is 0 Å². The van der Waals surface area contributed by atoms with E-state index in [2.05, 4.69) is 65.8 Å². The van der Waals surface area contributed by atoms with Gasteiger partial charge in [-0.25, -0.2) is 0 Å². The summed E-state index contributed by atoms with van der Waals surface area (Å²) in [7, 11) is 1.68. The SMILES string of the molecule is C[O+]=C1C=CC(=C2C=C(C(C)(C)C)C(=N)C(C(C)(C)C)=C2)C=C1. The molecule has 0 aromatic rings. The smallest absolute Gasteiger partial charge is 0.300 e. The highest BCUT2D eigenvalue weighted by molar-refractivity contribution is 6.14. The van der Waals surface area contributed by atoms with E-state index in [9.17, 15) is 0 Å². The predicted molar refractivity (Wildman–Crippen MR) is 99.0 cm³/mol. The Morgan fingerprint density at radius 3 is 1.52 bits per heavy atom. The second kappa shape index (κ2) is 5.92. The molecule has 0 fully saturated rings. The van der Waals surface area contributed by atoms with E-state index in [-0.39, 0.29) is 10.8 Å². The van der Waals surface area contributed by atoms with E-state index < -0.39 is 0 Å². The molecule has 0 amide bonds. The Bertz CT molecular complexity index is 654. The number of hydrogen-bond donors (Lipinski definition) is 1. The van der Waals surface area contributed by atoms with Crippen LogP contribution in [0.3, 0.4) is 0 Å². The lowest BCUT2D eigenvalue weighted by Crippen LogP contribution is -2.27. The van der Waals surface area contributed by atoms with Gasteiger partial charge in [0.05, 0.1) is 5.71 Å². The topological polar surface area (TPSA) is 35.2 Å². The van der Waals surface area contributed by atoms with E-state index in [4.69, 9.17) is 9.83 Å². The third-order valence-electron chi connectivity index (χ3n) is 4.18. The Balaban J connectivity index is 2.63. The Morgan fingerprint density at radius 2 is 1.17 bits per heavy atom. The van der Waals surface area contributed by atoms with Gasteiger partial charge in [0.25, 0.3) is 7.11 Å². The summed E-state index contributed by atoms with van der Waals surface area (Å²) in [6, 6.07) is 0. The van der Waals surface area contributed by atoms with Crippen molar-refractivity contribution < 1.29 is 4.42 Å². The maximum Gasteiger partial charge on any atom is 0.343 e. The maximum atomic E-state index is 8.66. The minimum Gasteiger partial charge on any atom is -0.300 e. The molecule has 0 saturated carbocycles.